The molecular formula is C18H14ClN3O2. The maximum atomic E-state index is 13.0. The van der Waals surface area contributed by atoms with Crippen molar-refractivity contribution in [3.63, 3.8) is 0 Å². The van der Waals surface area contributed by atoms with E-state index in [1.165, 1.54) is 5.01 Å². The lowest BCUT2D eigenvalue weighted by Gasteiger charge is -2.20. The highest BCUT2D eigenvalue weighted by Crippen LogP contribution is 2.36. The number of carbonyl (C=O) groups excluding carboxylic acids is 1. The van der Waals surface area contributed by atoms with Crippen LogP contribution in [0.25, 0.3) is 0 Å². The number of hydrogen-bond acceptors (Lipinski definition) is 4. The van der Waals surface area contributed by atoms with Crippen LogP contribution in [0, 0.1) is 0 Å². The molecule has 4 rings (SSSR count). The Labute approximate surface area is 144 Å². The van der Waals surface area contributed by atoms with Crippen LogP contribution >= 0.6 is 11.6 Å². The molecule has 0 radical (unpaired) electrons. The predicted molar refractivity (Wildman–Crippen MR) is 93.5 cm³/mol. The molecule has 1 amide bonds. The number of amides is 1. The van der Waals surface area contributed by atoms with Gasteiger partial charge in [0.15, 0.2) is 0 Å². The van der Waals surface area contributed by atoms with Crippen LogP contribution in [0.5, 0.6) is 0 Å². The van der Waals surface area contributed by atoms with Gasteiger partial charge in [0.2, 0.25) is 0 Å². The smallest absolute Gasteiger partial charge is 0.300 e. The van der Waals surface area contributed by atoms with E-state index < -0.39 is 5.60 Å². The number of oxime groups is 1. The minimum Gasteiger partial charge on any atom is -0.372 e. The fraction of sp³-hybridized carbons (Fsp3) is 0.167. The Bertz CT molecular complexity index is 862. The number of para-hydroxylation sites is 1. The van der Waals surface area contributed by atoms with Crippen molar-refractivity contribution in [2.45, 2.75) is 18.9 Å². The monoisotopic (exact) mass is 339 g/mol. The Morgan fingerprint density at radius 1 is 1.12 bits per heavy atom. The first-order chi connectivity index (χ1) is 11.6. The van der Waals surface area contributed by atoms with Crippen molar-refractivity contribution in [1.29, 1.82) is 0 Å². The maximum Gasteiger partial charge on any atom is 0.300 e. The summed E-state index contributed by atoms with van der Waals surface area (Å²) in [7, 11) is 0. The van der Waals surface area contributed by atoms with E-state index >= 15 is 0 Å². The Morgan fingerprint density at radius 2 is 1.83 bits per heavy atom. The highest BCUT2D eigenvalue weighted by atomic mass is 35.5. The average Bonchev–Trinajstić information content (AvgIpc) is 3.16. The molecule has 5 nitrogen and oxygen atoms in total. The van der Waals surface area contributed by atoms with Crippen molar-refractivity contribution < 1.29 is 9.63 Å². The number of hydrogen-bond donors (Lipinski definition) is 0. The number of rotatable bonds is 2. The summed E-state index contributed by atoms with van der Waals surface area (Å²) in [5.74, 6) is -0.223. The lowest BCUT2D eigenvalue weighted by Crippen LogP contribution is -2.46. The third-order valence-corrected chi connectivity index (χ3v) is 4.53. The van der Waals surface area contributed by atoms with E-state index in [2.05, 4.69) is 10.3 Å². The molecule has 2 aromatic rings. The minimum absolute atomic E-state index is 0.223. The van der Waals surface area contributed by atoms with Gasteiger partial charge >= 0.3 is 5.91 Å². The minimum atomic E-state index is -1.15. The van der Waals surface area contributed by atoms with Crippen molar-refractivity contribution in [2.24, 2.45) is 10.3 Å². The second-order valence-electron chi connectivity index (χ2n) is 5.78. The van der Waals surface area contributed by atoms with Gasteiger partial charge in [-0.15, -0.1) is 0 Å². The molecule has 0 N–H and O–H groups in total. The van der Waals surface area contributed by atoms with Gasteiger partial charge in [0.05, 0.1) is 23.5 Å². The Kier molecular flexibility index (Phi) is 3.39. The highest BCUT2D eigenvalue weighted by molar-refractivity contribution is 6.30. The zero-order valence-corrected chi connectivity index (χ0v) is 13.7. The van der Waals surface area contributed by atoms with Gasteiger partial charge in [0, 0.05) is 5.02 Å². The first-order valence-electron chi connectivity index (χ1n) is 7.56. The van der Waals surface area contributed by atoms with Crippen LogP contribution < -0.4 is 5.01 Å². The molecule has 2 aliphatic heterocycles. The molecule has 0 saturated carbocycles. The molecule has 120 valence electrons. The van der Waals surface area contributed by atoms with Gasteiger partial charge in [-0.3, -0.25) is 4.79 Å². The van der Waals surface area contributed by atoms with Gasteiger partial charge in [-0.2, -0.15) is 10.1 Å². The van der Waals surface area contributed by atoms with Crippen molar-refractivity contribution in [3.05, 3.63) is 65.2 Å². The molecule has 6 heteroatoms. The fourth-order valence-electron chi connectivity index (χ4n) is 2.89. The van der Waals surface area contributed by atoms with Crippen molar-refractivity contribution >= 4 is 34.6 Å². The topological polar surface area (TPSA) is 54.3 Å². The van der Waals surface area contributed by atoms with Crippen LogP contribution in [0.4, 0.5) is 5.69 Å². The molecule has 1 atom stereocenters. The zero-order valence-electron chi connectivity index (χ0n) is 12.9. The number of nitrogens with zero attached hydrogens (tertiary/aromatic N) is 3. The summed E-state index contributed by atoms with van der Waals surface area (Å²) >= 11 is 5.92. The number of halogens is 1. The number of carbonyl (C=O) groups is 1. The van der Waals surface area contributed by atoms with Crippen LogP contribution in [-0.4, -0.2) is 22.9 Å². The Balaban J connectivity index is 1.63. The van der Waals surface area contributed by atoms with Gasteiger partial charge in [0.1, 0.15) is 0 Å². The maximum absolute atomic E-state index is 13.0. The normalized spacial score (nSPS) is 22.6. The van der Waals surface area contributed by atoms with Gasteiger partial charge in [-0.1, -0.05) is 47.1 Å². The molecule has 2 heterocycles. The molecule has 0 saturated heterocycles. The first kappa shape index (κ1) is 14.9. The lowest BCUT2D eigenvalue weighted by molar-refractivity contribution is -0.132. The molecule has 0 fully saturated rings. The van der Waals surface area contributed by atoms with E-state index in [0.717, 1.165) is 5.56 Å². The highest BCUT2D eigenvalue weighted by Gasteiger charge is 2.56. The van der Waals surface area contributed by atoms with E-state index in [1.54, 1.807) is 19.1 Å². The molecule has 2 aromatic carbocycles. The summed E-state index contributed by atoms with van der Waals surface area (Å²) in [5, 5.41) is 10.6. The number of hydrazone groups is 1. The van der Waals surface area contributed by atoms with Crippen molar-refractivity contribution in [2.75, 3.05) is 5.01 Å². The second kappa shape index (κ2) is 5.46. The largest absolute Gasteiger partial charge is 0.372 e. The van der Waals surface area contributed by atoms with Crippen LogP contribution in [0.3, 0.4) is 0 Å². The fourth-order valence-corrected chi connectivity index (χ4v) is 3.01. The Morgan fingerprint density at radius 3 is 2.54 bits per heavy atom. The summed E-state index contributed by atoms with van der Waals surface area (Å²) in [4.78, 5) is 18.6. The average molecular weight is 340 g/mol. The van der Waals surface area contributed by atoms with E-state index in [1.807, 2.05) is 42.5 Å². The summed E-state index contributed by atoms with van der Waals surface area (Å²) < 4.78 is 0. The van der Waals surface area contributed by atoms with E-state index in [0.29, 0.717) is 28.6 Å². The SMILES string of the molecule is CC1=NN(c2ccccc2)C(=O)C12CC(c1ccc(Cl)cc1)=NO2. The molecule has 0 bridgehead atoms. The quantitative estimate of drug-likeness (QED) is 0.839. The Hall–Kier alpha value is -2.66. The number of benzene rings is 2. The molecule has 0 aliphatic carbocycles. The molecule has 2 aliphatic rings. The van der Waals surface area contributed by atoms with Crippen LogP contribution in [-0.2, 0) is 9.63 Å². The van der Waals surface area contributed by atoms with Gasteiger partial charge in [-0.25, -0.2) is 0 Å². The van der Waals surface area contributed by atoms with E-state index in [-0.39, 0.29) is 5.91 Å². The standard InChI is InChI=1S/C18H14ClN3O2/c1-12-18(17(23)22(20-12)15-5-3-2-4-6-15)11-16(21-24-18)13-7-9-14(19)10-8-13/h2-10H,11H2,1H3. The van der Waals surface area contributed by atoms with Gasteiger partial charge in [0.25, 0.3) is 5.60 Å². The number of anilines is 1. The molecular weight excluding hydrogens is 326 g/mol. The summed E-state index contributed by atoms with van der Waals surface area (Å²) in [6.45, 7) is 1.79. The van der Waals surface area contributed by atoms with Gasteiger partial charge in [-0.05, 0) is 36.8 Å². The molecule has 1 unspecified atom stereocenters. The van der Waals surface area contributed by atoms with Crippen molar-refractivity contribution in [1.82, 2.24) is 0 Å². The summed E-state index contributed by atoms with van der Waals surface area (Å²) in [6, 6.07) is 16.6. The van der Waals surface area contributed by atoms with E-state index in [9.17, 15) is 4.79 Å². The lowest BCUT2D eigenvalue weighted by atomic mass is 9.90. The molecule has 24 heavy (non-hydrogen) atoms. The van der Waals surface area contributed by atoms with Crippen molar-refractivity contribution in [3.8, 4) is 0 Å². The zero-order chi connectivity index (χ0) is 16.7. The van der Waals surface area contributed by atoms with Crippen LogP contribution in [0.1, 0.15) is 18.9 Å². The summed E-state index contributed by atoms with van der Waals surface area (Å²) in [6.07, 6.45) is 0.353. The third-order valence-electron chi connectivity index (χ3n) is 4.28. The summed E-state index contributed by atoms with van der Waals surface area (Å²) in [5.41, 5.74) is 1.76. The van der Waals surface area contributed by atoms with Crippen LogP contribution in [0.15, 0.2) is 64.9 Å². The third kappa shape index (κ3) is 2.20. The first-order valence-corrected chi connectivity index (χ1v) is 7.94. The van der Waals surface area contributed by atoms with Crippen LogP contribution in [0.2, 0.25) is 5.02 Å². The molecule has 1 spiro atoms. The molecule has 0 aromatic heterocycles. The van der Waals surface area contributed by atoms with E-state index in [4.69, 9.17) is 16.4 Å². The van der Waals surface area contributed by atoms with Gasteiger partial charge < -0.3 is 4.84 Å². The predicted octanol–water partition coefficient (Wildman–Crippen LogP) is 3.63. The second-order valence-corrected chi connectivity index (χ2v) is 6.21.